The highest BCUT2D eigenvalue weighted by Crippen LogP contribution is 2.28. The summed E-state index contributed by atoms with van der Waals surface area (Å²) >= 11 is 11.8. The molecule has 0 radical (unpaired) electrons. The molecule has 3 N–H and O–H groups in total. The zero-order chi connectivity index (χ0) is 15.6. The van der Waals surface area contributed by atoms with Crippen LogP contribution in [0.2, 0.25) is 10.0 Å². The van der Waals surface area contributed by atoms with E-state index in [4.69, 9.17) is 28.9 Å². The van der Waals surface area contributed by atoms with Gasteiger partial charge in [-0.2, -0.15) is 0 Å². The van der Waals surface area contributed by atoms with Crippen molar-refractivity contribution in [2.45, 2.75) is 0 Å². The maximum absolute atomic E-state index is 12.3. The largest absolute Gasteiger partial charge is 0.398 e. The molecule has 0 aliphatic carbocycles. The summed E-state index contributed by atoms with van der Waals surface area (Å²) in [7, 11) is 3.78. The number of anilines is 3. The van der Waals surface area contributed by atoms with E-state index >= 15 is 0 Å². The highest BCUT2D eigenvalue weighted by molar-refractivity contribution is 6.33. The fourth-order valence-corrected chi connectivity index (χ4v) is 2.17. The minimum atomic E-state index is -0.274. The molecule has 0 aromatic heterocycles. The van der Waals surface area contributed by atoms with Crippen molar-refractivity contribution in [3.63, 3.8) is 0 Å². The number of nitrogens with one attached hydrogen (secondary N) is 1. The van der Waals surface area contributed by atoms with Gasteiger partial charge in [0, 0.05) is 24.7 Å². The molecule has 0 atom stereocenters. The second kappa shape index (κ2) is 6.24. The van der Waals surface area contributed by atoms with Gasteiger partial charge in [-0.25, -0.2) is 0 Å². The molecule has 2 aromatic carbocycles. The highest BCUT2D eigenvalue weighted by Gasteiger charge is 2.12. The lowest BCUT2D eigenvalue weighted by atomic mass is 10.1. The molecule has 0 spiro atoms. The van der Waals surface area contributed by atoms with Crippen LogP contribution in [0.15, 0.2) is 36.4 Å². The molecule has 2 rings (SSSR count). The monoisotopic (exact) mass is 323 g/mol. The Labute approximate surface area is 133 Å². The van der Waals surface area contributed by atoms with Crippen LogP contribution >= 0.6 is 23.2 Å². The van der Waals surface area contributed by atoms with Crippen LogP contribution in [0.3, 0.4) is 0 Å². The standard InChI is InChI=1S/C15H15Cl2N3O/c1-20(2)14-6-4-10(16)8-13(14)19-15(21)9-3-5-11(17)12(18)7-9/h3-8H,18H2,1-2H3,(H,19,21). The number of carbonyl (C=O) groups excluding carboxylic acids is 1. The molecule has 0 unspecified atom stereocenters. The van der Waals surface area contributed by atoms with Crippen LogP contribution in [0, 0.1) is 0 Å². The van der Waals surface area contributed by atoms with E-state index in [0.717, 1.165) is 5.69 Å². The fraction of sp³-hybridized carbons (Fsp3) is 0.133. The lowest BCUT2D eigenvalue weighted by Gasteiger charge is -2.18. The molecule has 2 aromatic rings. The summed E-state index contributed by atoms with van der Waals surface area (Å²) in [6, 6.07) is 10.1. The minimum Gasteiger partial charge on any atom is -0.398 e. The summed E-state index contributed by atoms with van der Waals surface area (Å²) in [6.45, 7) is 0. The molecule has 4 nitrogen and oxygen atoms in total. The number of benzene rings is 2. The number of rotatable bonds is 3. The normalized spacial score (nSPS) is 10.3. The lowest BCUT2D eigenvalue weighted by Crippen LogP contribution is -2.17. The average Bonchev–Trinajstić information content (AvgIpc) is 2.41. The summed E-state index contributed by atoms with van der Waals surface area (Å²) in [5.74, 6) is -0.274. The van der Waals surface area contributed by atoms with Crippen LogP contribution in [-0.4, -0.2) is 20.0 Å². The van der Waals surface area contributed by atoms with Crippen molar-refractivity contribution in [3.8, 4) is 0 Å². The number of hydrogen-bond acceptors (Lipinski definition) is 3. The Morgan fingerprint density at radius 2 is 1.86 bits per heavy atom. The molecule has 0 fully saturated rings. The number of hydrogen-bond donors (Lipinski definition) is 2. The second-order valence-corrected chi connectivity index (χ2v) is 5.59. The minimum absolute atomic E-state index is 0.274. The third kappa shape index (κ3) is 3.60. The summed E-state index contributed by atoms with van der Waals surface area (Å²) in [5, 5.41) is 3.80. The van der Waals surface area contributed by atoms with E-state index in [2.05, 4.69) is 5.32 Å². The molecule has 0 bridgehead atoms. The van der Waals surface area contributed by atoms with E-state index in [9.17, 15) is 4.79 Å². The predicted molar refractivity (Wildman–Crippen MR) is 89.6 cm³/mol. The van der Waals surface area contributed by atoms with Gasteiger partial charge in [-0.15, -0.1) is 0 Å². The Hall–Kier alpha value is -1.91. The number of nitrogens with two attached hydrogens (primary N) is 1. The first-order valence-corrected chi connectivity index (χ1v) is 6.97. The summed E-state index contributed by atoms with van der Waals surface area (Å²) in [6.07, 6.45) is 0. The SMILES string of the molecule is CN(C)c1ccc(Cl)cc1NC(=O)c1ccc(Cl)c(N)c1. The van der Waals surface area contributed by atoms with Crippen molar-refractivity contribution in [2.24, 2.45) is 0 Å². The zero-order valence-electron chi connectivity index (χ0n) is 11.7. The first-order valence-electron chi connectivity index (χ1n) is 6.21. The first-order chi connectivity index (χ1) is 9.88. The number of nitrogens with zero attached hydrogens (tertiary/aromatic N) is 1. The van der Waals surface area contributed by atoms with Gasteiger partial charge in [0.05, 0.1) is 22.1 Å². The lowest BCUT2D eigenvalue weighted by molar-refractivity contribution is 0.102. The van der Waals surface area contributed by atoms with Crippen LogP contribution in [-0.2, 0) is 0 Å². The fourth-order valence-electron chi connectivity index (χ4n) is 1.88. The number of halogens is 2. The van der Waals surface area contributed by atoms with Crippen LogP contribution in [0.5, 0.6) is 0 Å². The quantitative estimate of drug-likeness (QED) is 0.842. The van der Waals surface area contributed by atoms with Crippen LogP contribution < -0.4 is 16.0 Å². The van der Waals surface area contributed by atoms with Crippen molar-refractivity contribution in [1.29, 1.82) is 0 Å². The van der Waals surface area contributed by atoms with Gasteiger partial charge in [0.1, 0.15) is 0 Å². The van der Waals surface area contributed by atoms with E-state index in [1.807, 2.05) is 25.1 Å². The van der Waals surface area contributed by atoms with Crippen LogP contribution in [0.4, 0.5) is 17.1 Å². The molecule has 0 aliphatic rings. The van der Waals surface area contributed by atoms with Crippen molar-refractivity contribution in [3.05, 3.63) is 52.0 Å². The van der Waals surface area contributed by atoms with Gasteiger partial charge >= 0.3 is 0 Å². The third-order valence-electron chi connectivity index (χ3n) is 2.95. The van der Waals surface area contributed by atoms with E-state index < -0.39 is 0 Å². The van der Waals surface area contributed by atoms with Gasteiger partial charge in [-0.3, -0.25) is 4.79 Å². The summed E-state index contributed by atoms with van der Waals surface area (Å²) in [5.41, 5.74) is 8.00. The van der Waals surface area contributed by atoms with E-state index in [0.29, 0.717) is 27.0 Å². The third-order valence-corrected chi connectivity index (χ3v) is 3.53. The molecule has 1 amide bonds. The molecular weight excluding hydrogens is 309 g/mol. The Morgan fingerprint density at radius 1 is 1.14 bits per heavy atom. The van der Waals surface area contributed by atoms with Crippen molar-refractivity contribution in [2.75, 3.05) is 30.0 Å². The maximum atomic E-state index is 12.3. The Bertz CT molecular complexity index is 687. The number of amides is 1. The molecular formula is C15H15Cl2N3O. The second-order valence-electron chi connectivity index (χ2n) is 4.75. The molecule has 6 heteroatoms. The molecule has 21 heavy (non-hydrogen) atoms. The van der Waals surface area contributed by atoms with Gasteiger partial charge in [0.15, 0.2) is 0 Å². The molecule has 110 valence electrons. The highest BCUT2D eigenvalue weighted by atomic mass is 35.5. The number of nitrogen functional groups attached to an aromatic ring is 1. The van der Waals surface area contributed by atoms with Crippen molar-refractivity contribution >= 4 is 46.2 Å². The number of carbonyl (C=O) groups is 1. The maximum Gasteiger partial charge on any atom is 0.255 e. The van der Waals surface area contributed by atoms with Crippen LogP contribution in [0.1, 0.15) is 10.4 Å². The topological polar surface area (TPSA) is 58.4 Å². The molecule has 0 saturated carbocycles. The van der Waals surface area contributed by atoms with Gasteiger partial charge in [0.2, 0.25) is 0 Å². The van der Waals surface area contributed by atoms with Gasteiger partial charge in [-0.1, -0.05) is 23.2 Å². The van der Waals surface area contributed by atoms with E-state index in [-0.39, 0.29) is 5.91 Å². The van der Waals surface area contributed by atoms with E-state index in [1.165, 1.54) is 6.07 Å². The predicted octanol–water partition coefficient (Wildman–Crippen LogP) is 3.89. The Kier molecular flexibility index (Phi) is 4.60. The van der Waals surface area contributed by atoms with Gasteiger partial charge in [-0.05, 0) is 36.4 Å². The average molecular weight is 324 g/mol. The summed E-state index contributed by atoms with van der Waals surface area (Å²) in [4.78, 5) is 14.2. The first kappa shape index (κ1) is 15.5. The van der Waals surface area contributed by atoms with Gasteiger partial charge in [0.25, 0.3) is 5.91 Å². The Morgan fingerprint density at radius 3 is 2.48 bits per heavy atom. The van der Waals surface area contributed by atoms with Crippen molar-refractivity contribution in [1.82, 2.24) is 0 Å². The van der Waals surface area contributed by atoms with Crippen LogP contribution in [0.25, 0.3) is 0 Å². The van der Waals surface area contributed by atoms with E-state index in [1.54, 1.807) is 24.3 Å². The van der Waals surface area contributed by atoms with Crippen molar-refractivity contribution < 1.29 is 4.79 Å². The van der Waals surface area contributed by atoms with Gasteiger partial charge < -0.3 is 16.0 Å². The molecule has 0 saturated heterocycles. The zero-order valence-corrected chi connectivity index (χ0v) is 13.2. The Balaban J connectivity index is 2.30. The molecule has 0 aliphatic heterocycles. The smallest absolute Gasteiger partial charge is 0.255 e. The summed E-state index contributed by atoms with van der Waals surface area (Å²) < 4.78 is 0. The molecule has 0 heterocycles.